The van der Waals surface area contributed by atoms with Crippen LogP contribution < -0.4 is 10.6 Å². The Bertz CT molecular complexity index is 804. The lowest BCUT2D eigenvalue weighted by atomic mass is 10.2. The number of carbonyl (C=O) groups excluding carboxylic acids is 1. The molecule has 3 aromatic rings. The van der Waals surface area contributed by atoms with E-state index in [9.17, 15) is 4.79 Å². The van der Waals surface area contributed by atoms with Gasteiger partial charge in [-0.25, -0.2) is 9.48 Å². The summed E-state index contributed by atoms with van der Waals surface area (Å²) < 4.78 is 1.59. The minimum atomic E-state index is -0.322. The highest BCUT2D eigenvalue weighted by Gasteiger charge is 2.08. The van der Waals surface area contributed by atoms with Crippen LogP contribution in [0.4, 0.5) is 10.5 Å². The number of benzene rings is 2. The zero-order valence-corrected chi connectivity index (χ0v) is 12.9. The maximum atomic E-state index is 12.1. The first kappa shape index (κ1) is 15.1. The molecule has 0 unspecified atom stereocenters. The number of para-hydroxylation sites is 2. The van der Waals surface area contributed by atoms with Crippen molar-refractivity contribution in [2.45, 2.75) is 6.54 Å². The quantitative estimate of drug-likeness (QED) is 0.772. The molecule has 1 aromatic heterocycles. The largest absolute Gasteiger partial charge is 0.334 e. The van der Waals surface area contributed by atoms with Gasteiger partial charge in [0.05, 0.1) is 23.8 Å². The fraction of sp³-hybridized carbons (Fsp3) is 0.0625. The highest BCUT2D eigenvalue weighted by atomic mass is 35.5. The van der Waals surface area contributed by atoms with Gasteiger partial charge < -0.3 is 10.6 Å². The van der Waals surface area contributed by atoms with Crippen molar-refractivity contribution < 1.29 is 4.79 Å². The van der Waals surface area contributed by atoms with Crippen molar-refractivity contribution in [2.24, 2.45) is 0 Å². The first-order valence-electron chi connectivity index (χ1n) is 6.98. The van der Waals surface area contributed by atoms with E-state index in [2.05, 4.69) is 20.9 Å². The molecule has 2 N–H and O–H groups in total. The molecular formula is C16H14ClN5O. The monoisotopic (exact) mass is 327 g/mol. The van der Waals surface area contributed by atoms with Gasteiger partial charge in [-0.15, -0.1) is 5.10 Å². The molecule has 2 amide bonds. The van der Waals surface area contributed by atoms with Gasteiger partial charge in [0.25, 0.3) is 0 Å². The first-order chi connectivity index (χ1) is 11.2. The van der Waals surface area contributed by atoms with Gasteiger partial charge in [-0.3, -0.25) is 0 Å². The molecule has 0 atom stereocenters. The van der Waals surface area contributed by atoms with E-state index in [0.717, 1.165) is 11.3 Å². The van der Waals surface area contributed by atoms with Gasteiger partial charge in [0.1, 0.15) is 0 Å². The molecule has 0 spiro atoms. The van der Waals surface area contributed by atoms with Gasteiger partial charge >= 0.3 is 6.03 Å². The van der Waals surface area contributed by atoms with E-state index in [0.29, 0.717) is 17.3 Å². The Morgan fingerprint density at radius 3 is 2.70 bits per heavy atom. The van der Waals surface area contributed by atoms with Crippen LogP contribution in [0.25, 0.3) is 5.69 Å². The lowest BCUT2D eigenvalue weighted by molar-refractivity contribution is 0.251. The maximum Gasteiger partial charge on any atom is 0.319 e. The summed E-state index contributed by atoms with van der Waals surface area (Å²) in [6.45, 7) is 0.344. The van der Waals surface area contributed by atoms with Gasteiger partial charge in [-0.05, 0) is 23.8 Å². The Hall–Kier alpha value is -2.86. The average Bonchev–Trinajstić information content (AvgIpc) is 3.09. The molecule has 3 rings (SSSR count). The summed E-state index contributed by atoms with van der Waals surface area (Å²) in [5.41, 5.74) is 2.22. The van der Waals surface area contributed by atoms with E-state index in [-0.39, 0.29) is 6.03 Å². The highest BCUT2D eigenvalue weighted by molar-refractivity contribution is 6.31. The van der Waals surface area contributed by atoms with Crippen LogP contribution in [-0.2, 0) is 6.54 Å². The number of halogens is 1. The highest BCUT2D eigenvalue weighted by Crippen LogP contribution is 2.19. The first-order valence-corrected chi connectivity index (χ1v) is 7.36. The van der Waals surface area contributed by atoms with Crippen LogP contribution in [-0.4, -0.2) is 21.0 Å². The zero-order valence-electron chi connectivity index (χ0n) is 12.1. The predicted molar refractivity (Wildman–Crippen MR) is 88.7 cm³/mol. The molecule has 0 aliphatic carbocycles. The number of nitrogens with zero attached hydrogens (tertiary/aromatic N) is 3. The molecule has 0 aliphatic heterocycles. The maximum absolute atomic E-state index is 12.1. The standard InChI is InChI=1S/C16H14ClN5O/c17-13-6-2-1-5-12(13)11-18-16(23)20-14-7-3-4-8-15(14)22-10-9-19-21-22/h1-10H,11H2,(H2,18,20,23). The van der Waals surface area contributed by atoms with Crippen LogP contribution in [0.15, 0.2) is 60.9 Å². The lowest BCUT2D eigenvalue weighted by Gasteiger charge is -2.12. The third-order valence-electron chi connectivity index (χ3n) is 3.22. The van der Waals surface area contributed by atoms with Crippen molar-refractivity contribution in [3.63, 3.8) is 0 Å². The molecular weight excluding hydrogens is 314 g/mol. The van der Waals surface area contributed by atoms with Crippen LogP contribution >= 0.6 is 11.6 Å². The smallest absolute Gasteiger partial charge is 0.319 e. The molecule has 0 aliphatic rings. The Labute approximate surface area is 138 Å². The van der Waals surface area contributed by atoms with E-state index in [1.165, 1.54) is 0 Å². The van der Waals surface area contributed by atoms with E-state index < -0.39 is 0 Å². The van der Waals surface area contributed by atoms with Crippen LogP contribution in [0, 0.1) is 0 Å². The lowest BCUT2D eigenvalue weighted by Crippen LogP contribution is -2.28. The number of amides is 2. The SMILES string of the molecule is O=C(NCc1ccccc1Cl)Nc1ccccc1-n1ccnn1. The molecule has 6 nitrogen and oxygen atoms in total. The number of anilines is 1. The van der Waals surface area contributed by atoms with Gasteiger partial charge in [0.15, 0.2) is 0 Å². The summed E-state index contributed by atoms with van der Waals surface area (Å²) in [6.07, 6.45) is 3.29. The predicted octanol–water partition coefficient (Wildman–Crippen LogP) is 3.24. The minimum absolute atomic E-state index is 0.322. The topological polar surface area (TPSA) is 71.8 Å². The number of nitrogens with one attached hydrogen (secondary N) is 2. The van der Waals surface area contributed by atoms with E-state index in [4.69, 9.17) is 11.6 Å². The second kappa shape index (κ2) is 6.93. The third kappa shape index (κ3) is 3.67. The summed E-state index contributed by atoms with van der Waals surface area (Å²) in [5.74, 6) is 0. The summed E-state index contributed by atoms with van der Waals surface area (Å²) in [4.78, 5) is 12.1. The molecule has 2 aromatic carbocycles. The Morgan fingerprint density at radius 2 is 1.91 bits per heavy atom. The van der Waals surface area contributed by atoms with Crippen molar-refractivity contribution in [1.82, 2.24) is 20.3 Å². The number of hydrogen-bond acceptors (Lipinski definition) is 3. The van der Waals surface area contributed by atoms with Crippen molar-refractivity contribution >= 4 is 23.3 Å². The molecule has 23 heavy (non-hydrogen) atoms. The Balaban J connectivity index is 1.68. The van der Waals surface area contributed by atoms with Gasteiger partial charge in [0, 0.05) is 11.6 Å². The minimum Gasteiger partial charge on any atom is -0.334 e. The summed E-state index contributed by atoms with van der Waals surface area (Å²) in [6, 6.07) is 14.4. The summed E-state index contributed by atoms with van der Waals surface area (Å²) >= 11 is 6.07. The fourth-order valence-electron chi connectivity index (χ4n) is 2.10. The van der Waals surface area contributed by atoms with Crippen molar-refractivity contribution in [3.8, 4) is 5.69 Å². The normalized spacial score (nSPS) is 10.3. The number of hydrogen-bond donors (Lipinski definition) is 2. The molecule has 0 saturated heterocycles. The second-order valence-electron chi connectivity index (χ2n) is 4.76. The third-order valence-corrected chi connectivity index (χ3v) is 3.59. The van der Waals surface area contributed by atoms with Gasteiger partial charge in [-0.1, -0.05) is 47.1 Å². The average molecular weight is 328 g/mol. The molecule has 1 heterocycles. The molecule has 0 bridgehead atoms. The van der Waals surface area contributed by atoms with Crippen LogP contribution in [0.1, 0.15) is 5.56 Å². The summed E-state index contributed by atoms with van der Waals surface area (Å²) in [5, 5.41) is 13.9. The van der Waals surface area contributed by atoms with Crippen LogP contribution in [0.3, 0.4) is 0 Å². The van der Waals surface area contributed by atoms with Crippen molar-refractivity contribution in [2.75, 3.05) is 5.32 Å². The molecule has 0 saturated carbocycles. The van der Waals surface area contributed by atoms with E-state index >= 15 is 0 Å². The zero-order chi connectivity index (χ0) is 16.1. The molecule has 0 radical (unpaired) electrons. The van der Waals surface area contributed by atoms with Crippen molar-refractivity contribution in [1.29, 1.82) is 0 Å². The van der Waals surface area contributed by atoms with E-state index in [1.54, 1.807) is 29.2 Å². The van der Waals surface area contributed by atoms with Crippen LogP contribution in [0.2, 0.25) is 5.02 Å². The number of rotatable bonds is 4. The number of urea groups is 1. The number of carbonyl (C=O) groups is 1. The van der Waals surface area contributed by atoms with Crippen molar-refractivity contribution in [3.05, 3.63) is 71.5 Å². The second-order valence-corrected chi connectivity index (χ2v) is 5.17. The van der Waals surface area contributed by atoms with Crippen LogP contribution in [0.5, 0.6) is 0 Å². The van der Waals surface area contributed by atoms with Gasteiger partial charge in [-0.2, -0.15) is 0 Å². The Kier molecular flexibility index (Phi) is 4.54. The molecule has 116 valence electrons. The Morgan fingerprint density at radius 1 is 1.13 bits per heavy atom. The fourth-order valence-corrected chi connectivity index (χ4v) is 2.30. The van der Waals surface area contributed by atoms with E-state index in [1.807, 2.05) is 36.4 Å². The number of aromatic nitrogens is 3. The molecule has 0 fully saturated rings. The van der Waals surface area contributed by atoms with Gasteiger partial charge in [0.2, 0.25) is 0 Å². The molecule has 7 heteroatoms. The summed E-state index contributed by atoms with van der Waals surface area (Å²) in [7, 11) is 0.